The highest BCUT2D eigenvalue weighted by molar-refractivity contribution is 5.82. The van der Waals surface area contributed by atoms with Gasteiger partial charge in [-0.25, -0.2) is 0 Å². The van der Waals surface area contributed by atoms with Crippen molar-refractivity contribution in [3.8, 4) is 16.9 Å². The van der Waals surface area contributed by atoms with Gasteiger partial charge in [0.15, 0.2) is 6.29 Å². The lowest BCUT2D eigenvalue weighted by molar-refractivity contribution is -0.183. The van der Waals surface area contributed by atoms with E-state index in [1.807, 2.05) is 18.2 Å². The Bertz CT molecular complexity index is 657. The molecule has 1 aliphatic heterocycles. The van der Waals surface area contributed by atoms with E-state index in [1.54, 1.807) is 6.07 Å². The van der Waals surface area contributed by atoms with Crippen molar-refractivity contribution in [3.05, 3.63) is 53.1 Å². The van der Waals surface area contributed by atoms with Crippen LogP contribution in [0.1, 0.15) is 29.4 Å². The fourth-order valence-corrected chi connectivity index (χ4v) is 3.14. The first-order valence-corrected chi connectivity index (χ1v) is 7.01. The van der Waals surface area contributed by atoms with Gasteiger partial charge in [0.2, 0.25) is 0 Å². The molecule has 0 aromatic heterocycles. The maximum Gasteiger partial charge on any atom is 0.184 e. The van der Waals surface area contributed by atoms with Crippen molar-refractivity contribution in [1.29, 1.82) is 0 Å². The van der Waals surface area contributed by atoms with Crippen LogP contribution in [0, 0.1) is 0 Å². The topological polar surface area (TPSA) is 38.7 Å². The molecular weight excluding hydrogens is 252 g/mol. The lowest BCUT2D eigenvalue weighted by Gasteiger charge is -2.25. The molecule has 0 saturated carbocycles. The average Bonchev–Trinajstić information content (AvgIpc) is 2.88. The Morgan fingerprint density at radius 3 is 2.65 bits per heavy atom. The van der Waals surface area contributed by atoms with Crippen LogP contribution < -0.4 is 0 Å². The molecule has 1 N–H and O–H groups in total. The molecule has 0 spiro atoms. The van der Waals surface area contributed by atoms with E-state index in [0.29, 0.717) is 5.75 Å². The molecule has 2 aliphatic rings. The molecule has 0 bridgehead atoms. The predicted octanol–water partition coefficient (Wildman–Crippen LogP) is 3.40. The second kappa shape index (κ2) is 4.62. The van der Waals surface area contributed by atoms with Gasteiger partial charge in [-0.2, -0.15) is 0 Å². The third-order valence-electron chi connectivity index (χ3n) is 4.06. The summed E-state index contributed by atoms with van der Waals surface area (Å²) >= 11 is 0. The fourth-order valence-electron chi connectivity index (χ4n) is 3.14. The van der Waals surface area contributed by atoms with Crippen LogP contribution in [0.4, 0.5) is 0 Å². The molecule has 0 unspecified atom stereocenters. The highest BCUT2D eigenvalue weighted by Gasteiger charge is 2.28. The van der Waals surface area contributed by atoms with Crippen molar-refractivity contribution < 1.29 is 14.6 Å². The summed E-state index contributed by atoms with van der Waals surface area (Å²) in [7, 11) is 0. The van der Waals surface area contributed by atoms with E-state index in [4.69, 9.17) is 9.47 Å². The van der Waals surface area contributed by atoms with Gasteiger partial charge in [-0.1, -0.05) is 24.3 Å². The van der Waals surface area contributed by atoms with E-state index in [-0.39, 0.29) is 6.29 Å². The molecule has 2 aromatic carbocycles. The minimum atomic E-state index is -0.299. The zero-order valence-corrected chi connectivity index (χ0v) is 11.1. The van der Waals surface area contributed by atoms with Crippen LogP contribution in [0.5, 0.6) is 5.75 Å². The molecule has 3 heteroatoms. The Balaban J connectivity index is 1.85. The highest BCUT2D eigenvalue weighted by Crippen LogP contribution is 2.45. The number of hydrogen-bond acceptors (Lipinski definition) is 3. The minimum absolute atomic E-state index is 0.299. The molecule has 1 aliphatic carbocycles. The standard InChI is InChI=1S/C17H16O3/c18-15-7-6-13(17-19-8-3-9-20-17)14-10-11-4-1-2-5-12(11)16(14)15/h1-2,4-7,17-18H,3,8-10H2. The van der Waals surface area contributed by atoms with Gasteiger partial charge in [-0.3, -0.25) is 0 Å². The van der Waals surface area contributed by atoms with E-state index in [9.17, 15) is 5.11 Å². The van der Waals surface area contributed by atoms with Crippen molar-refractivity contribution in [2.24, 2.45) is 0 Å². The molecule has 0 amide bonds. The van der Waals surface area contributed by atoms with Crippen molar-refractivity contribution in [2.75, 3.05) is 13.2 Å². The van der Waals surface area contributed by atoms with Gasteiger partial charge in [0.1, 0.15) is 5.75 Å². The summed E-state index contributed by atoms with van der Waals surface area (Å²) in [5.74, 6) is 0.338. The highest BCUT2D eigenvalue weighted by atomic mass is 16.7. The third kappa shape index (κ3) is 1.74. The van der Waals surface area contributed by atoms with Crippen molar-refractivity contribution in [1.82, 2.24) is 0 Å². The first kappa shape index (κ1) is 11.9. The van der Waals surface area contributed by atoms with Gasteiger partial charge >= 0.3 is 0 Å². The van der Waals surface area contributed by atoms with Crippen LogP contribution in [-0.2, 0) is 15.9 Å². The molecule has 20 heavy (non-hydrogen) atoms. The van der Waals surface area contributed by atoms with Gasteiger partial charge in [-0.05, 0) is 41.7 Å². The molecule has 1 heterocycles. The van der Waals surface area contributed by atoms with E-state index in [1.165, 1.54) is 5.56 Å². The van der Waals surface area contributed by atoms with Gasteiger partial charge in [0.05, 0.1) is 13.2 Å². The monoisotopic (exact) mass is 268 g/mol. The maximum absolute atomic E-state index is 10.2. The Morgan fingerprint density at radius 1 is 1.00 bits per heavy atom. The summed E-state index contributed by atoms with van der Waals surface area (Å²) in [6, 6.07) is 11.9. The zero-order chi connectivity index (χ0) is 13.5. The Kier molecular flexibility index (Phi) is 2.76. The molecule has 1 fully saturated rings. The fraction of sp³-hybridized carbons (Fsp3) is 0.294. The van der Waals surface area contributed by atoms with Crippen molar-refractivity contribution in [3.63, 3.8) is 0 Å². The van der Waals surface area contributed by atoms with Gasteiger partial charge < -0.3 is 14.6 Å². The number of ether oxygens (including phenoxy) is 2. The summed E-state index contributed by atoms with van der Waals surface area (Å²) in [5, 5.41) is 10.2. The number of aromatic hydroxyl groups is 1. The SMILES string of the molecule is Oc1ccc(C2OCCCO2)c2c1-c1ccccc1C2. The molecule has 0 radical (unpaired) electrons. The van der Waals surface area contributed by atoms with Crippen LogP contribution in [0.3, 0.4) is 0 Å². The predicted molar refractivity (Wildman–Crippen MR) is 75.6 cm³/mol. The average molecular weight is 268 g/mol. The lowest BCUT2D eigenvalue weighted by Crippen LogP contribution is -2.18. The van der Waals surface area contributed by atoms with E-state index >= 15 is 0 Å². The second-order valence-corrected chi connectivity index (χ2v) is 5.29. The van der Waals surface area contributed by atoms with Gasteiger partial charge in [0, 0.05) is 11.1 Å². The molecule has 4 rings (SSSR count). The summed E-state index contributed by atoms with van der Waals surface area (Å²) < 4.78 is 11.4. The number of rotatable bonds is 1. The smallest absolute Gasteiger partial charge is 0.184 e. The molecular formula is C17H16O3. The van der Waals surface area contributed by atoms with Crippen LogP contribution in [0.25, 0.3) is 11.1 Å². The van der Waals surface area contributed by atoms with E-state index < -0.39 is 0 Å². The Hall–Kier alpha value is -1.84. The van der Waals surface area contributed by atoms with Crippen LogP contribution >= 0.6 is 0 Å². The second-order valence-electron chi connectivity index (χ2n) is 5.29. The van der Waals surface area contributed by atoms with Gasteiger partial charge in [-0.15, -0.1) is 0 Å². The lowest BCUT2D eigenvalue weighted by atomic mass is 9.99. The summed E-state index contributed by atoms with van der Waals surface area (Å²) in [6.07, 6.45) is 1.47. The zero-order valence-electron chi connectivity index (χ0n) is 11.1. The van der Waals surface area contributed by atoms with Crippen LogP contribution in [-0.4, -0.2) is 18.3 Å². The Morgan fingerprint density at radius 2 is 1.80 bits per heavy atom. The first-order chi connectivity index (χ1) is 9.84. The summed E-state index contributed by atoms with van der Waals surface area (Å²) in [6.45, 7) is 1.46. The number of benzene rings is 2. The number of phenolic OH excluding ortho intramolecular Hbond substituents is 1. The van der Waals surface area contributed by atoms with Crippen molar-refractivity contribution >= 4 is 0 Å². The normalized spacial score (nSPS) is 17.8. The molecule has 102 valence electrons. The van der Waals surface area contributed by atoms with E-state index in [2.05, 4.69) is 12.1 Å². The minimum Gasteiger partial charge on any atom is -0.507 e. The summed E-state index contributed by atoms with van der Waals surface area (Å²) in [4.78, 5) is 0. The van der Waals surface area contributed by atoms with Crippen molar-refractivity contribution in [2.45, 2.75) is 19.1 Å². The largest absolute Gasteiger partial charge is 0.507 e. The third-order valence-corrected chi connectivity index (χ3v) is 4.06. The molecule has 3 nitrogen and oxygen atoms in total. The molecule has 1 saturated heterocycles. The summed E-state index contributed by atoms with van der Waals surface area (Å²) in [5.41, 5.74) is 5.50. The van der Waals surface area contributed by atoms with Gasteiger partial charge in [0.25, 0.3) is 0 Å². The number of fused-ring (bicyclic) bond motifs is 3. The Labute approximate surface area is 117 Å². The van der Waals surface area contributed by atoms with Crippen LogP contribution in [0.15, 0.2) is 36.4 Å². The quantitative estimate of drug-likeness (QED) is 0.735. The van der Waals surface area contributed by atoms with Crippen LogP contribution in [0.2, 0.25) is 0 Å². The maximum atomic E-state index is 10.2. The first-order valence-electron chi connectivity index (χ1n) is 7.01. The number of phenols is 1. The molecule has 2 aromatic rings. The number of hydrogen-bond donors (Lipinski definition) is 1. The molecule has 0 atom stereocenters. The van der Waals surface area contributed by atoms with E-state index in [0.717, 1.165) is 48.3 Å².